The first-order valence-electron chi connectivity index (χ1n) is 11.9. The van der Waals surface area contributed by atoms with Gasteiger partial charge in [0, 0.05) is 36.7 Å². The van der Waals surface area contributed by atoms with E-state index in [-0.39, 0.29) is 17.8 Å². The highest BCUT2D eigenvalue weighted by molar-refractivity contribution is 7.12. The van der Waals surface area contributed by atoms with Gasteiger partial charge in [-0.15, -0.1) is 22.7 Å². The van der Waals surface area contributed by atoms with Gasteiger partial charge in [-0.3, -0.25) is 9.78 Å². The minimum absolute atomic E-state index is 0.151. The summed E-state index contributed by atoms with van der Waals surface area (Å²) in [4.78, 5) is 44.0. The quantitative estimate of drug-likeness (QED) is 0.254. The van der Waals surface area contributed by atoms with Crippen LogP contribution in [0.25, 0.3) is 0 Å². The summed E-state index contributed by atoms with van der Waals surface area (Å²) in [5.41, 5.74) is 1.15. The largest absolute Gasteiger partial charge is 0.465 e. The molecule has 3 aromatic heterocycles. The van der Waals surface area contributed by atoms with Crippen molar-refractivity contribution < 1.29 is 28.3 Å². The Morgan fingerprint density at radius 1 is 1.14 bits per heavy atom. The second-order valence-corrected chi connectivity index (χ2v) is 11.2. The maximum Gasteiger partial charge on any atom is 0.350 e. The molecule has 0 aromatic carbocycles. The fourth-order valence-corrected chi connectivity index (χ4v) is 6.70. The number of pyridine rings is 1. The predicted octanol–water partition coefficient (Wildman–Crippen LogP) is 4.18. The lowest BCUT2D eigenvalue weighted by molar-refractivity contribution is -0.938. The number of rotatable bonds is 9. The zero-order valence-corrected chi connectivity index (χ0v) is 21.6. The van der Waals surface area contributed by atoms with Crippen molar-refractivity contribution >= 4 is 46.1 Å². The summed E-state index contributed by atoms with van der Waals surface area (Å²) in [6.45, 7) is 2.93. The van der Waals surface area contributed by atoms with E-state index in [4.69, 9.17) is 9.47 Å². The van der Waals surface area contributed by atoms with Crippen LogP contribution in [0.5, 0.6) is 0 Å². The second kappa shape index (κ2) is 10.5. The molecule has 6 rings (SSSR count). The molecule has 3 aliphatic heterocycles. The number of anilines is 1. The van der Waals surface area contributed by atoms with Gasteiger partial charge in [0.1, 0.15) is 18.0 Å². The maximum atomic E-state index is 13.6. The molecule has 2 bridgehead atoms. The molecule has 1 N–H and O–H groups in total. The number of nitrogens with zero attached hydrogens (tertiary/aromatic N) is 2. The van der Waals surface area contributed by atoms with Crippen molar-refractivity contribution in [2.24, 2.45) is 5.92 Å². The summed E-state index contributed by atoms with van der Waals surface area (Å²) in [7, 11) is 1.33. The van der Waals surface area contributed by atoms with E-state index in [2.05, 4.69) is 10.3 Å². The molecule has 10 heteroatoms. The van der Waals surface area contributed by atoms with E-state index in [1.807, 2.05) is 17.5 Å². The Labute approximate surface area is 217 Å². The van der Waals surface area contributed by atoms with Crippen LogP contribution in [0.1, 0.15) is 43.8 Å². The van der Waals surface area contributed by atoms with Gasteiger partial charge in [0.2, 0.25) is 5.78 Å². The molecule has 2 atom stereocenters. The van der Waals surface area contributed by atoms with E-state index in [0.29, 0.717) is 33.7 Å². The molecule has 0 aliphatic carbocycles. The molecule has 36 heavy (non-hydrogen) atoms. The van der Waals surface area contributed by atoms with Gasteiger partial charge in [-0.25, -0.2) is 9.59 Å². The SMILES string of the molecule is COC(=O)c1sccc1NC(C(=O)OC1C[N+]2(CC(=O)c3cccs3)CCC1CC2)c1cccnc1. The van der Waals surface area contributed by atoms with Crippen LogP contribution in [0.3, 0.4) is 0 Å². The lowest BCUT2D eigenvalue weighted by atomic mass is 9.83. The van der Waals surface area contributed by atoms with Gasteiger partial charge in [0.05, 0.1) is 30.8 Å². The molecule has 0 radical (unpaired) electrons. The van der Waals surface area contributed by atoms with Crippen molar-refractivity contribution in [3.8, 4) is 0 Å². The predicted molar refractivity (Wildman–Crippen MR) is 137 cm³/mol. The van der Waals surface area contributed by atoms with E-state index >= 15 is 0 Å². The first-order chi connectivity index (χ1) is 17.5. The molecule has 3 saturated heterocycles. The summed E-state index contributed by atoms with van der Waals surface area (Å²) >= 11 is 2.71. The zero-order chi connectivity index (χ0) is 25.1. The molecule has 6 heterocycles. The number of thiophene rings is 2. The smallest absolute Gasteiger partial charge is 0.350 e. The summed E-state index contributed by atoms with van der Waals surface area (Å²) in [6.07, 6.45) is 4.85. The van der Waals surface area contributed by atoms with Crippen molar-refractivity contribution in [1.82, 2.24) is 4.98 Å². The van der Waals surface area contributed by atoms with Crippen molar-refractivity contribution in [1.29, 1.82) is 0 Å². The van der Waals surface area contributed by atoms with Gasteiger partial charge in [-0.05, 0) is 29.0 Å². The van der Waals surface area contributed by atoms with Crippen LogP contribution in [0, 0.1) is 5.92 Å². The molecule has 3 aliphatic rings. The minimum atomic E-state index is -0.839. The van der Waals surface area contributed by atoms with Crippen molar-refractivity contribution in [2.75, 3.05) is 38.6 Å². The van der Waals surface area contributed by atoms with Crippen molar-refractivity contribution in [3.05, 3.63) is 68.8 Å². The van der Waals surface area contributed by atoms with Crippen LogP contribution in [-0.2, 0) is 14.3 Å². The maximum absolute atomic E-state index is 13.6. The Balaban J connectivity index is 1.33. The summed E-state index contributed by atoms with van der Waals surface area (Å²) < 4.78 is 11.7. The van der Waals surface area contributed by atoms with E-state index in [0.717, 1.165) is 30.8 Å². The van der Waals surface area contributed by atoms with Gasteiger partial charge in [0.25, 0.3) is 0 Å². The lowest BCUT2D eigenvalue weighted by Crippen LogP contribution is -2.65. The number of esters is 2. The Morgan fingerprint density at radius 2 is 1.97 bits per heavy atom. The van der Waals surface area contributed by atoms with E-state index < -0.39 is 18.0 Å². The van der Waals surface area contributed by atoms with Crippen molar-refractivity contribution in [2.45, 2.75) is 25.0 Å². The Hall–Kier alpha value is -3.08. The molecular weight excluding hydrogens is 498 g/mol. The van der Waals surface area contributed by atoms with E-state index in [1.54, 1.807) is 36.0 Å². The first-order valence-corrected chi connectivity index (χ1v) is 13.7. The molecule has 0 saturated carbocycles. The number of methoxy groups -OCH3 is 1. The minimum Gasteiger partial charge on any atom is -0.465 e. The first kappa shape index (κ1) is 24.6. The molecular formula is C26H28N3O5S2+. The van der Waals surface area contributed by atoms with Crippen molar-refractivity contribution in [3.63, 3.8) is 0 Å². The fraction of sp³-hybridized carbons (Fsp3) is 0.385. The number of Topliss-reactive ketones (excluding diaryl/α,β-unsaturated/α-hetero) is 1. The fourth-order valence-electron chi connectivity index (χ4n) is 5.27. The number of quaternary nitrogens is 1. The topological polar surface area (TPSA) is 94.6 Å². The van der Waals surface area contributed by atoms with Gasteiger partial charge < -0.3 is 19.3 Å². The molecule has 0 spiro atoms. The number of hydrogen-bond donors (Lipinski definition) is 1. The van der Waals surface area contributed by atoms with Crippen LogP contribution in [0.2, 0.25) is 0 Å². The number of ether oxygens (including phenoxy) is 2. The number of aromatic nitrogens is 1. The van der Waals surface area contributed by atoms with Crippen LogP contribution >= 0.6 is 22.7 Å². The second-order valence-electron chi connectivity index (χ2n) is 9.36. The van der Waals surface area contributed by atoms with Gasteiger partial charge >= 0.3 is 11.9 Å². The normalized spacial score (nSPS) is 23.6. The number of carbonyl (C=O) groups excluding carboxylic acids is 3. The summed E-state index contributed by atoms with van der Waals surface area (Å²) in [5.74, 6) is -0.457. The monoisotopic (exact) mass is 526 g/mol. The van der Waals surface area contributed by atoms with Crippen LogP contribution in [0.15, 0.2) is 53.5 Å². The average molecular weight is 527 g/mol. The van der Waals surface area contributed by atoms with Crippen LogP contribution < -0.4 is 5.32 Å². The molecule has 2 unspecified atom stereocenters. The third-order valence-electron chi connectivity index (χ3n) is 7.17. The lowest BCUT2D eigenvalue weighted by Gasteiger charge is -2.51. The highest BCUT2D eigenvalue weighted by Gasteiger charge is 2.49. The van der Waals surface area contributed by atoms with Crippen LogP contribution in [0.4, 0.5) is 5.69 Å². The molecule has 3 fully saturated rings. The molecule has 188 valence electrons. The van der Waals surface area contributed by atoms with Gasteiger partial charge in [0.15, 0.2) is 12.1 Å². The van der Waals surface area contributed by atoms with E-state index in [1.165, 1.54) is 29.8 Å². The Kier molecular flexibility index (Phi) is 7.17. The number of fused-ring (bicyclic) bond motifs is 3. The van der Waals surface area contributed by atoms with Gasteiger partial charge in [-0.1, -0.05) is 12.1 Å². The third-order valence-corrected chi connectivity index (χ3v) is 8.98. The summed E-state index contributed by atoms with van der Waals surface area (Å²) in [6, 6.07) is 8.25. The Morgan fingerprint density at radius 3 is 2.67 bits per heavy atom. The van der Waals surface area contributed by atoms with Gasteiger partial charge in [-0.2, -0.15) is 0 Å². The zero-order valence-electron chi connectivity index (χ0n) is 19.9. The number of hydrogen-bond acceptors (Lipinski definition) is 9. The average Bonchev–Trinajstić information content (AvgIpc) is 3.60. The molecule has 3 aromatic rings. The molecule has 8 nitrogen and oxygen atoms in total. The van der Waals surface area contributed by atoms with E-state index in [9.17, 15) is 14.4 Å². The number of piperidine rings is 3. The number of nitrogens with one attached hydrogen (secondary N) is 1. The number of ketones is 1. The highest BCUT2D eigenvalue weighted by Crippen LogP contribution is 2.37. The summed E-state index contributed by atoms with van der Waals surface area (Å²) in [5, 5.41) is 6.88. The standard InChI is InChI=1S/C26H27N3O5S2/c1-33-26(32)24-19(8-13-36-24)28-23(18-4-2-9-27-14-18)25(31)34-21-16-29(10-6-17(21)7-11-29)15-20(30)22-5-3-12-35-22/h2-5,8-9,12-14,17,21,23H,6-7,10-11,15-16H2,1H3/p+1. The Bertz CT molecular complexity index is 1220. The third kappa shape index (κ3) is 5.07. The highest BCUT2D eigenvalue weighted by atomic mass is 32.1. The van der Waals surface area contributed by atoms with Crippen LogP contribution in [-0.4, -0.2) is 66.6 Å². The molecule has 0 amide bonds. The number of carbonyl (C=O) groups is 3.